The second-order valence-corrected chi connectivity index (χ2v) is 6.94. The van der Waals surface area contributed by atoms with Crippen LogP contribution < -0.4 is 4.90 Å². The van der Waals surface area contributed by atoms with Crippen molar-refractivity contribution in [2.45, 2.75) is 32.3 Å². The largest absolute Gasteiger partial charge is 0.376 e. The predicted octanol–water partition coefficient (Wildman–Crippen LogP) is 1.25. The Morgan fingerprint density at radius 1 is 1.22 bits per heavy atom. The van der Waals surface area contributed by atoms with Gasteiger partial charge in [-0.05, 0) is 38.3 Å². The van der Waals surface area contributed by atoms with Crippen LogP contribution in [0.15, 0.2) is 12.1 Å². The number of rotatable bonds is 2. The van der Waals surface area contributed by atoms with Crippen molar-refractivity contribution in [1.82, 2.24) is 15.1 Å². The van der Waals surface area contributed by atoms with E-state index in [2.05, 4.69) is 15.1 Å². The molecule has 3 fully saturated rings. The van der Waals surface area contributed by atoms with Gasteiger partial charge in [0.15, 0.2) is 5.82 Å². The molecule has 3 atom stereocenters. The summed E-state index contributed by atoms with van der Waals surface area (Å²) in [7, 11) is 0. The highest BCUT2D eigenvalue weighted by Crippen LogP contribution is 2.36. The maximum absolute atomic E-state index is 13.0. The number of fused-ring (bicyclic) bond motifs is 1. The lowest BCUT2D eigenvalue weighted by Crippen LogP contribution is -2.53. The van der Waals surface area contributed by atoms with Crippen LogP contribution in [-0.2, 0) is 9.53 Å². The first kappa shape index (κ1) is 14.9. The fourth-order valence-corrected chi connectivity index (χ4v) is 4.16. The van der Waals surface area contributed by atoms with Gasteiger partial charge in [-0.2, -0.15) is 5.10 Å². The number of anilines is 1. The van der Waals surface area contributed by atoms with Gasteiger partial charge >= 0.3 is 0 Å². The van der Waals surface area contributed by atoms with Gasteiger partial charge in [-0.15, -0.1) is 5.10 Å². The van der Waals surface area contributed by atoms with Crippen LogP contribution in [0.5, 0.6) is 0 Å². The molecular formula is C17H24N4O2. The van der Waals surface area contributed by atoms with Gasteiger partial charge in [-0.25, -0.2) is 0 Å². The van der Waals surface area contributed by atoms with E-state index in [0.29, 0.717) is 11.8 Å². The van der Waals surface area contributed by atoms with Gasteiger partial charge in [0.2, 0.25) is 5.91 Å². The standard InChI is InChI=1S/C17H24N4O2/c1-12-4-5-16(19-18-12)21-10-14(13-6-9-23-15(13)11-21)17(22)20-7-2-3-8-20/h4-5,13-15H,2-3,6-11H2,1H3/t13-,14-,15+/m0/s1. The summed E-state index contributed by atoms with van der Waals surface area (Å²) in [5, 5.41) is 8.46. The lowest BCUT2D eigenvalue weighted by Gasteiger charge is -2.40. The second-order valence-electron chi connectivity index (χ2n) is 6.94. The number of aromatic nitrogens is 2. The zero-order chi connectivity index (χ0) is 15.8. The van der Waals surface area contributed by atoms with E-state index < -0.39 is 0 Å². The molecule has 0 unspecified atom stereocenters. The third-order valence-electron chi connectivity index (χ3n) is 5.44. The molecule has 0 radical (unpaired) electrons. The smallest absolute Gasteiger partial charge is 0.227 e. The van der Waals surface area contributed by atoms with Crippen molar-refractivity contribution in [3.05, 3.63) is 17.8 Å². The molecule has 1 aromatic heterocycles. The minimum absolute atomic E-state index is 0.0254. The third kappa shape index (κ3) is 2.80. The Morgan fingerprint density at radius 2 is 2.04 bits per heavy atom. The molecule has 0 bridgehead atoms. The van der Waals surface area contributed by atoms with Crippen LogP contribution in [0.3, 0.4) is 0 Å². The predicted molar refractivity (Wildman–Crippen MR) is 86.1 cm³/mol. The molecule has 0 saturated carbocycles. The summed E-state index contributed by atoms with van der Waals surface area (Å²) in [5.41, 5.74) is 0.908. The number of hydrogen-bond donors (Lipinski definition) is 0. The molecule has 3 saturated heterocycles. The average molecular weight is 316 g/mol. The Bertz CT molecular complexity index is 570. The Labute approximate surface area is 136 Å². The number of amides is 1. The van der Waals surface area contributed by atoms with Gasteiger partial charge in [0.25, 0.3) is 0 Å². The lowest BCUT2D eigenvalue weighted by atomic mass is 9.82. The van der Waals surface area contributed by atoms with E-state index in [1.165, 1.54) is 0 Å². The topological polar surface area (TPSA) is 58.6 Å². The summed E-state index contributed by atoms with van der Waals surface area (Å²) in [6.45, 7) is 6.08. The number of carbonyl (C=O) groups is 1. The maximum atomic E-state index is 13.0. The summed E-state index contributed by atoms with van der Waals surface area (Å²) >= 11 is 0. The molecule has 3 aliphatic rings. The molecule has 23 heavy (non-hydrogen) atoms. The minimum Gasteiger partial charge on any atom is -0.376 e. The second kappa shape index (κ2) is 6.07. The Morgan fingerprint density at radius 3 is 2.78 bits per heavy atom. The average Bonchev–Trinajstić information content (AvgIpc) is 3.25. The highest BCUT2D eigenvalue weighted by atomic mass is 16.5. The van der Waals surface area contributed by atoms with E-state index in [4.69, 9.17) is 4.74 Å². The number of aryl methyl sites for hydroxylation is 1. The summed E-state index contributed by atoms with van der Waals surface area (Å²) in [6, 6.07) is 3.97. The summed E-state index contributed by atoms with van der Waals surface area (Å²) in [4.78, 5) is 17.2. The Balaban J connectivity index is 1.56. The molecule has 6 nitrogen and oxygen atoms in total. The first-order valence-electron chi connectivity index (χ1n) is 8.68. The molecule has 1 amide bonds. The first-order chi connectivity index (χ1) is 11.2. The quantitative estimate of drug-likeness (QED) is 0.822. The summed E-state index contributed by atoms with van der Waals surface area (Å²) < 4.78 is 5.91. The minimum atomic E-state index is 0.0254. The van der Waals surface area contributed by atoms with Crippen LogP contribution in [0, 0.1) is 18.8 Å². The maximum Gasteiger partial charge on any atom is 0.227 e. The lowest BCUT2D eigenvalue weighted by molar-refractivity contribution is -0.137. The van der Waals surface area contributed by atoms with Crippen molar-refractivity contribution in [1.29, 1.82) is 0 Å². The molecule has 4 rings (SSSR count). The molecule has 0 aromatic carbocycles. The number of carbonyl (C=O) groups excluding carboxylic acids is 1. The normalized spacial score (nSPS) is 30.6. The molecule has 4 heterocycles. The molecule has 0 N–H and O–H groups in total. The zero-order valence-electron chi connectivity index (χ0n) is 13.6. The van der Waals surface area contributed by atoms with E-state index in [-0.39, 0.29) is 12.0 Å². The van der Waals surface area contributed by atoms with Crippen LogP contribution in [0.1, 0.15) is 25.0 Å². The van der Waals surface area contributed by atoms with Crippen LogP contribution >= 0.6 is 0 Å². The van der Waals surface area contributed by atoms with Crippen molar-refractivity contribution in [3.8, 4) is 0 Å². The molecule has 0 aliphatic carbocycles. The van der Waals surface area contributed by atoms with E-state index in [1.807, 2.05) is 24.0 Å². The first-order valence-corrected chi connectivity index (χ1v) is 8.68. The van der Waals surface area contributed by atoms with Crippen LogP contribution in [0.25, 0.3) is 0 Å². The van der Waals surface area contributed by atoms with Crippen LogP contribution in [0.2, 0.25) is 0 Å². The van der Waals surface area contributed by atoms with Crippen LogP contribution in [0.4, 0.5) is 5.82 Å². The van der Waals surface area contributed by atoms with E-state index >= 15 is 0 Å². The van der Waals surface area contributed by atoms with E-state index in [0.717, 1.165) is 63.6 Å². The number of nitrogens with zero attached hydrogens (tertiary/aromatic N) is 4. The molecule has 1 aromatic rings. The van der Waals surface area contributed by atoms with Crippen molar-refractivity contribution < 1.29 is 9.53 Å². The zero-order valence-corrected chi connectivity index (χ0v) is 13.6. The number of piperidine rings is 1. The SMILES string of the molecule is Cc1ccc(N2C[C@H](C(=O)N3CCCC3)[C@@H]3CCO[C@@H]3C2)nn1. The fraction of sp³-hybridized carbons (Fsp3) is 0.706. The fourth-order valence-electron chi connectivity index (χ4n) is 4.16. The van der Waals surface area contributed by atoms with Crippen molar-refractivity contribution >= 4 is 11.7 Å². The number of likely N-dealkylation sites (tertiary alicyclic amines) is 1. The van der Waals surface area contributed by atoms with Gasteiger partial charge in [-0.3, -0.25) is 4.79 Å². The summed E-state index contributed by atoms with van der Waals surface area (Å²) in [6.07, 6.45) is 3.41. The number of hydrogen-bond acceptors (Lipinski definition) is 5. The van der Waals surface area contributed by atoms with Crippen molar-refractivity contribution in [3.63, 3.8) is 0 Å². The molecular weight excluding hydrogens is 292 g/mol. The van der Waals surface area contributed by atoms with E-state index in [1.54, 1.807) is 0 Å². The van der Waals surface area contributed by atoms with Crippen LogP contribution in [-0.4, -0.2) is 59.9 Å². The Kier molecular flexibility index (Phi) is 3.93. The monoisotopic (exact) mass is 316 g/mol. The highest BCUT2D eigenvalue weighted by Gasteiger charge is 2.45. The number of ether oxygens (including phenoxy) is 1. The van der Waals surface area contributed by atoms with Gasteiger partial charge in [0, 0.05) is 38.7 Å². The summed E-state index contributed by atoms with van der Waals surface area (Å²) in [5.74, 6) is 1.55. The van der Waals surface area contributed by atoms with Crippen molar-refractivity contribution in [2.24, 2.45) is 11.8 Å². The van der Waals surface area contributed by atoms with Gasteiger partial charge in [0.05, 0.1) is 17.7 Å². The highest BCUT2D eigenvalue weighted by molar-refractivity contribution is 5.80. The Hall–Kier alpha value is -1.69. The third-order valence-corrected chi connectivity index (χ3v) is 5.44. The molecule has 6 heteroatoms. The van der Waals surface area contributed by atoms with Gasteiger partial charge < -0.3 is 14.5 Å². The van der Waals surface area contributed by atoms with Gasteiger partial charge in [0.1, 0.15) is 0 Å². The van der Waals surface area contributed by atoms with Crippen molar-refractivity contribution in [2.75, 3.05) is 37.7 Å². The van der Waals surface area contributed by atoms with E-state index in [9.17, 15) is 4.79 Å². The molecule has 3 aliphatic heterocycles. The molecule has 0 spiro atoms. The molecule has 124 valence electrons. The van der Waals surface area contributed by atoms with Gasteiger partial charge in [-0.1, -0.05) is 0 Å².